The molecule has 0 aliphatic carbocycles. The first-order chi connectivity index (χ1) is 10.4. The Morgan fingerprint density at radius 2 is 1.55 bits per heavy atom. The van der Waals surface area contributed by atoms with Gasteiger partial charge in [-0.3, -0.25) is 0 Å². The molecule has 1 atom stereocenters. The summed E-state index contributed by atoms with van der Waals surface area (Å²) in [7, 11) is -3.04. The summed E-state index contributed by atoms with van der Waals surface area (Å²) in [5.41, 5.74) is 9.86. The van der Waals surface area contributed by atoms with E-state index in [1.165, 1.54) is 0 Å². The van der Waals surface area contributed by atoms with Crippen LogP contribution in [0.3, 0.4) is 0 Å². The molecule has 1 N–H and O–H groups in total. The maximum absolute atomic E-state index is 11.6. The van der Waals surface area contributed by atoms with Crippen molar-refractivity contribution in [2.75, 3.05) is 5.75 Å². The van der Waals surface area contributed by atoms with Crippen LogP contribution in [0, 0.1) is 5.53 Å². The minimum atomic E-state index is -3.04. The van der Waals surface area contributed by atoms with E-state index >= 15 is 0 Å². The van der Waals surface area contributed by atoms with Crippen LogP contribution in [0.4, 0.5) is 0 Å². The molecule has 0 aliphatic rings. The third-order valence-corrected chi connectivity index (χ3v) is 5.34. The lowest BCUT2D eigenvalue weighted by molar-refractivity contribution is 0.596. The minimum Gasteiger partial charge on any atom is -0.229 e. The van der Waals surface area contributed by atoms with Gasteiger partial charge in [0.05, 0.1) is 5.75 Å². The molecule has 0 bridgehead atoms. The molecule has 6 heteroatoms. The fourth-order valence-corrected chi connectivity index (χ4v) is 3.17. The van der Waals surface area contributed by atoms with Crippen molar-refractivity contribution in [2.24, 2.45) is 5.11 Å². The highest BCUT2D eigenvalue weighted by Gasteiger charge is 2.14. The molecule has 2 rings (SSSR count). The monoisotopic (exact) mass is 336 g/mol. The lowest BCUT2D eigenvalue weighted by atomic mass is 9.99. The summed E-state index contributed by atoms with van der Waals surface area (Å²) in [6.07, 6.45) is 0. The van der Waals surface area contributed by atoms with E-state index in [1.807, 2.05) is 24.3 Å². The van der Waals surface area contributed by atoms with E-state index in [4.69, 9.17) is 17.1 Å². The maximum Gasteiger partial charge on any atom is 0.154 e. The molecule has 0 saturated carbocycles. The molecule has 0 aromatic heterocycles. The fraction of sp³-hybridized carbons (Fsp3) is 0.250. The molecule has 2 aromatic carbocycles. The molecular weight excluding hydrogens is 320 g/mol. The van der Waals surface area contributed by atoms with Crippen molar-refractivity contribution in [3.05, 3.63) is 70.2 Å². The molecule has 0 radical (unpaired) electrons. The third kappa shape index (κ3) is 4.15. The topological polar surface area (TPSA) is 70.3 Å². The number of hydrogen-bond acceptors (Lipinski definition) is 4. The zero-order valence-electron chi connectivity index (χ0n) is 12.2. The molecular formula is C16H17ClN2O2S. The summed E-state index contributed by atoms with van der Waals surface area (Å²) in [6, 6.07) is 14.0. The van der Waals surface area contributed by atoms with Crippen LogP contribution in [0.25, 0.3) is 0 Å². The molecule has 0 fully saturated rings. The van der Waals surface area contributed by atoms with Crippen LogP contribution >= 0.6 is 11.6 Å². The average Bonchev–Trinajstić information content (AvgIpc) is 2.51. The van der Waals surface area contributed by atoms with Crippen LogP contribution in [0.2, 0.25) is 5.02 Å². The zero-order valence-corrected chi connectivity index (χ0v) is 13.7. The number of nitrogens with zero attached hydrogens (tertiary/aromatic N) is 1. The quantitative estimate of drug-likeness (QED) is 0.794. The molecule has 1 unspecified atom stereocenters. The Hall–Kier alpha value is -1.72. The smallest absolute Gasteiger partial charge is 0.154 e. The summed E-state index contributed by atoms with van der Waals surface area (Å²) < 4.78 is 23.3. The second-order valence-electron chi connectivity index (χ2n) is 5.00. The number of sulfone groups is 1. The highest BCUT2D eigenvalue weighted by atomic mass is 35.5. The van der Waals surface area contributed by atoms with Crippen molar-refractivity contribution in [3.8, 4) is 0 Å². The van der Waals surface area contributed by atoms with E-state index in [1.54, 1.807) is 31.2 Å². The summed E-state index contributed by atoms with van der Waals surface area (Å²) >= 11 is 5.87. The minimum absolute atomic E-state index is 0.0351. The predicted molar refractivity (Wildman–Crippen MR) is 88.0 cm³/mol. The van der Waals surface area contributed by atoms with Crippen LogP contribution in [0.15, 0.2) is 53.6 Å². The van der Waals surface area contributed by atoms with Gasteiger partial charge in [0.25, 0.3) is 0 Å². The Balaban J connectivity index is 2.24. The Morgan fingerprint density at radius 3 is 2.00 bits per heavy atom. The number of rotatable bonds is 6. The van der Waals surface area contributed by atoms with Gasteiger partial charge in [0, 0.05) is 10.8 Å². The van der Waals surface area contributed by atoms with Gasteiger partial charge >= 0.3 is 0 Å². The SMILES string of the molecule is CCS(=O)(=O)Cc1ccc(C(N=N)c2ccc(Cl)cc2)cc1. The highest BCUT2D eigenvalue weighted by Crippen LogP contribution is 2.27. The van der Waals surface area contributed by atoms with E-state index in [9.17, 15) is 8.42 Å². The van der Waals surface area contributed by atoms with Gasteiger partial charge in [-0.25, -0.2) is 13.9 Å². The molecule has 0 amide bonds. The Kier molecular flexibility index (Phi) is 5.32. The van der Waals surface area contributed by atoms with Crippen LogP contribution in [0.1, 0.15) is 29.7 Å². The molecule has 4 nitrogen and oxygen atoms in total. The fourth-order valence-electron chi connectivity index (χ4n) is 2.14. The van der Waals surface area contributed by atoms with Gasteiger partial charge in [-0.15, -0.1) is 0 Å². The molecule has 2 aromatic rings. The first-order valence-electron chi connectivity index (χ1n) is 6.86. The van der Waals surface area contributed by atoms with Crippen molar-refractivity contribution in [1.29, 1.82) is 5.53 Å². The predicted octanol–water partition coefficient (Wildman–Crippen LogP) is 4.40. The molecule has 0 aliphatic heterocycles. The normalized spacial score (nSPS) is 12.8. The summed E-state index contributed by atoms with van der Waals surface area (Å²) in [4.78, 5) is 0. The van der Waals surface area contributed by atoms with Gasteiger partial charge in [-0.05, 0) is 28.8 Å². The molecule has 0 heterocycles. The maximum atomic E-state index is 11.6. The standard InChI is InChI=1S/C16H17ClN2O2S/c1-2-22(20,21)11-12-3-5-13(6-4-12)16(19-18)14-7-9-15(17)10-8-14/h3-10,16,18H,2,11H2,1H3. The molecule has 116 valence electrons. The van der Waals surface area contributed by atoms with Gasteiger partial charge in [-0.1, -0.05) is 54.9 Å². The van der Waals surface area contributed by atoms with Crippen LogP contribution in [0.5, 0.6) is 0 Å². The van der Waals surface area contributed by atoms with E-state index in [0.29, 0.717) is 5.02 Å². The second kappa shape index (κ2) is 7.03. The van der Waals surface area contributed by atoms with E-state index < -0.39 is 15.9 Å². The molecule has 0 spiro atoms. The van der Waals surface area contributed by atoms with Crippen molar-refractivity contribution in [2.45, 2.75) is 18.7 Å². The van der Waals surface area contributed by atoms with Crippen LogP contribution < -0.4 is 0 Å². The van der Waals surface area contributed by atoms with Gasteiger partial charge in [0.2, 0.25) is 0 Å². The van der Waals surface area contributed by atoms with Gasteiger partial charge in [-0.2, -0.15) is 5.11 Å². The number of benzene rings is 2. The highest BCUT2D eigenvalue weighted by molar-refractivity contribution is 7.90. The second-order valence-corrected chi connectivity index (χ2v) is 7.79. The summed E-state index contributed by atoms with van der Waals surface area (Å²) in [5, 5.41) is 4.30. The van der Waals surface area contributed by atoms with Crippen molar-refractivity contribution in [1.82, 2.24) is 0 Å². The Bertz CT molecular complexity index is 741. The summed E-state index contributed by atoms with van der Waals surface area (Å²) in [5.74, 6) is 0.164. The van der Waals surface area contributed by atoms with Crippen molar-refractivity contribution in [3.63, 3.8) is 0 Å². The number of nitrogens with one attached hydrogen (secondary N) is 1. The van der Waals surface area contributed by atoms with Gasteiger partial charge in [0.15, 0.2) is 9.84 Å². The van der Waals surface area contributed by atoms with E-state index in [2.05, 4.69) is 5.11 Å². The largest absolute Gasteiger partial charge is 0.229 e. The number of halogens is 1. The van der Waals surface area contributed by atoms with Crippen molar-refractivity contribution < 1.29 is 8.42 Å². The van der Waals surface area contributed by atoms with E-state index in [-0.39, 0.29) is 11.5 Å². The van der Waals surface area contributed by atoms with Crippen LogP contribution in [-0.4, -0.2) is 14.2 Å². The Labute approximate surface area is 135 Å². The van der Waals surface area contributed by atoms with Crippen LogP contribution in [-0.2, 0) is 15.6 Å². The van der Waals surface area contributed by atoms with E-state index in [0.717, 1.165) is 16.7 Å². The van der Waals surface area contributed by atoms with Crippen molar-refractivity contribution >= 4 is 21.4 Å². The first-order valence-corrected chi connectivity index (χ1v) is 9.06. The summed E-state index contributed by atoms with van der Waals surface area (Å²) in [6.45, 7) is 1.64. The molecule has 22 heavy (non-hydrogen) atoms. The third-order valence-electron chi connectivity index (χ3n) is 3.44. The zero-order chi connectivity index (χ0) is 16.2. The molecule has 0 saturated heterocycles. The lowest BCUT2D eigenvalue weighted by Gasteiger charge is -2.12. The lowest BCUT2D eigenvalue weighted by Crippen LogP contribution is -2.06. The van der Waals surface area contributed by atoms with Gasteiger partial charge < -0.3 is 0 Å². The van der Waals surface area contributed by atoms with Gasteiger partial charge in [0.1, 0.15) is 6.04 Å². The number of hydrogen-bond donors (Lipinski definition) is 1. The average molecular weight is 337 g/mol. The Morgan fingerprint density at radius 1 is 1.05 bits per heavy atom. The first kappa shape index (κ1) is 16.6.